The van der Waals surface area contributed by atoms with Crippen LogP contribution in [0.4, 0.5) is 0 Å². The van der Waals surface area contributed by atoms with Crippen molar-refractivity contribution in [3.63, 3.8) is 0 Å². The molecule has 118 valence electrons. The number of rotatable bonds is 2. The summed E-state index contributed by atoms with van der Waals surface area (Å²) in [6.07, 6.45) is 0. The molecule has 2 aromatic carbocycles. The summed E-state index contributed by atoms with van der Waals surface area (Å²) < 4.78 is 4.44. The van der Waals surface area contributed by atoms with Crippen LogP contribution in [0.2, 0.25) is 0 Å². The van der Waals surface area contributed by atoms with E-state index in [1.165, 1.54) is 10.8 Å². The molecule has 0 aliphatic heterocycles. The summed E-state index contributed by atoms with van der Waals surface area (Å²) in [5.41, 5.74) is 0. The van der Waals surface area contributed by atoms with Gasteiger partial charge in [0, 0.05) is 7.11 Å². The molecular formula is C18H34O2. The number of benzene rings is 2. The molecule has 0 atom stereocenters. The molecule has 2 rings (SSSR count). The van der Waals surface area contributed by atoms with E-state index in [1.807, 2.05) is 13.8 Å². The molecule has 2 nitrogen and oxygen atoms in total. The number of hydrogen-bond donors (Lipinski definition) is 1. The van der Waals surface area contributed by atoms with Crippen molar-refractivity contribution in [2.75, 3.05) is 20.3 Å². The Morgan fingerprint density at radius 1 is 0.800 bits per heavy atom. The fraction of sp³-hybridized carbons (Fsp3) is 0.444. The summed E-state index contributed by atoms with van der Waals surface area (Å²) in [4.78, 5) is 0. The molecule has 2 heteroatoms. The van der Waals surface area contributed by atoms with Gasteiger partial charge in [-0.2, -0.15) is 0 Å². The van der Waals surface area contributed by atoms with Crippen LogP contribution in [0.3, 0.4) is 0 Å². The molecule has 0 amide bonds. The van der Waals surface area contributed by atoms with Gasteiger partial charge in [-0.3, -0.25) is 0 Å². The second-order valence-corrected chi connectivity index (χ2v) is 3.06. The molecule has 0 aliphatic carbocycles. The molecule has 0 aromatic heterocycles. The maximum Gasteiger partial charge on any atom is 0.0693 e. The second kappa shape index (κ2) is 19.9. The Morgan fingerprint density at radius 2 is 1.10 bits per heavy atom. The highest BCUT2D eigenvalue weighted by Gasteiger charge is 1.85. The average Bonchev–Trinajstić information content (AvgIpc) is 2.43. The number of hydrogen-bond acceptors (Lipinski definition) is 2. The van der Waals surface area contributed by atoms with Gasteiger partial charge in [-0.25, -0.2) is 0 Å². The fourth-order valence-electron chi connectivity index (χ4n) is 1.22. The second-order valence-electron chi connectivity index (χ2n) is 3.06. The lowest BCUT2D eigenvalue weighted by atomic mass is 10.1. The first-order chi connectivity index (χ1) is 8.38. The first-order valence-corrected chi connectivity index (χ1v) is 5.92. The highest BCUT2D eigenvalue weighted by molar-refractivity contribution is 5.81. The minimum atomic E-state index is 0. The van der Waals surface area contributed by atoms with Crippen LogP contribution in [0.25, 0.3) is 10.8 Å². The highest BCUT2D eigenvalue weighted by atomic mass is 16.5. The Balaban J connectivity index is -0.000000114. The van der Waals surface area contributed by atoms with Gasteiger partial charge in [0.05, 0.1) is 13.2 Å². The first kappa shape index (κ1) is 27.0. The van der Waals surface area contributed by atoms with Gasteiger partial charge in [0.1, 0.15) is 0 Å². The Bertz CT molecular complexity index is 318. The molecule has 0 spiro atoms. The minimum absolute atomic E-state index is 0. The summed E-state index contributed by atoms with van der Waals surface area (Å²) in [6.45, 7) is 4.57. The third kappa shape index (κ3) is 11.7. The van der Waals surface area contributed by atoms with Crippen molar-refractivity contribution < 1.29 is 9.84 Å². The smallest absolute Gasteiger partial charge is 0.0693 e. The molecule has 0 saturated heterocycles. The van der Waals surface area contributed by atoms with Crippen LogP contribution >= 0.6 is 0 Å². The largest absolute Gasteiger partial charge is 0.394 e. The summed E-state index contributed by atoms with van der Waals surface area (Å²) in [6, 6.07) is 16.7. The molecular weight excluding hydrogens is 248 g/mol. The minimum Gasteiger partial charge on any atom is -0.394 e. The predicted molar refractivity (Wildman–Crippen MR) is 94.5 cm³/mol. The van der Waals surface area contributed by atoms with E-state index in [4.69, 9.17) is 5.11 Å². The van der Waals surface area contributed by atoms with E-state index in [9.17, 15) is 0 Å². The van der Waals surface area contributed by atoms with Crippen LogP contribution in [0.15, 0.2) is 48.5 Å². The zero-order valence-electron chi connectivity index (χ0n) is 10.9. The Morgan fingerprint density at radius 3 is 1.25 bits per heavy atom. The normalized spacial score (nSPS) is 7.40. The van der Waals surface area contributed by atoms with Crippen LogP contribution < -0.4 is 0 Å². The summed E-state index contributed by atoms with van der Waals surface area (Å²) in [7, 11) is 1.55. The lowest BCUT2D eigenvalue weighted by Gasteiger charge is -1.92. The zero-order chi connectivity index (χ0) is 12.9. The fourth-order valence-corrected chi connectivity index (χ4v) is 1.22. The number of methoxy groups -OCH3 is 1. The van der Waals surface area contributed by atoms with Gasteiger partial charge < -0.3 is 9.84 Å². The van der Waals surface area contributed by atoms with E-state index in [-0.39, 0.29) is 28.9 Å². The van der Waals surface area contributed by atoms with Crippen molar-refractivity contribution in [3.8, 4) is 0 Å². The quantitative estimate of drug-likeness (QED) is 0.799. The zero-order valence-corrected chi connectivity index (χ0v) is 10.9. The maximum atomic E-state index is 7.94. The topological polar surface area (TPSA) is 29.5 Å². The number of aliphatic hydroxyl groups excluding tert-OH is 1. The van der Waals surface area contributed by atoms with E-state index in [0.717, 1.165) is 0 Å². The van der Waals surface area contributed by atoms with Gasteiger partial charge in [-0.05, 0) is 10.8 Å². The van der Waals surface area contributed by atoms with Crippen LogP contribution in [0.5, 0.6) is 0 Å². The van der Waals surface area contributed by atoms with Crippen molar-refractivity contribution in [3.05, 3.63) is 48.5 Å². The molecule has 0 unspecified atom stereocenters. The van der Waals surface area contributed by atoms with Crippen LogP contribution in [-0.2, 0) is 4.74 Å². The van der Waals surface area contributed by atoms with E-state index < -0.39 is 0 Å². The van der Waals surface area contributed by atoms with Gasteiger partial charge in [0.2, 0.25) is 0 Å². The van der Waals surface area contributed by atoms with Crippen molar-refractivity contribution in [2.45, 2.75) is 36.1 Å². The molecule has 0 bridgehead atoms. The standard InChI is InChI=1S/C10H8.C3H8O2.C2H6.3CH4/c1-2-6-10-8-4-3-7-9(10)5-1;1-5-3-2-4;1-2;;;/h1-8H;4H,2-3H2,1H3;1-2H3;3*1H4. The van der Waals surface area contributed by atoms with Gasteiger partial charge in [-0.1, -0.05) is 84.7 Å². The SMILES string of the molecule is C.C.C.CC.COCCO.c1ccc2ccccc2c1. The molecule has 0 fully saturated rings. The van der Waals surface area contributed by atoms with E-state index in [2.05, 4.69) is 53.3 Å². The number of aliphatic hydroxyl groups is 1. The Hall–Kier alpha value is -1.38. The number of fused-ring (bicyclic) bond motifs is 1. The molecule has 0 radical (unpaired) electrons. The lowest BCUT2D eigenvalue weighted by molar-refractivity contribution is 0.135. The number of ether oxygens (including phenoxy) is 1. The van der Waals surface area contributed by atoms with Crippen molar-refractivity contribution in [1.29, 1.82) is 0 Å². The van der Waals surface area contributed by atoms with Gasteiger partial charge in [0.25, 0.3) is 0 Å². The summed E-state index contributed by atoms with van der Waals surface area (Å²) >= 11 is 0. The van der Waals surface area contributed by atoms with E-state index >= 15 is 0 Å². The lowest BCUT2D eigenvalue weighted by Crippen LogP contribution is -1.91. The average molecular weight is 282 g/mol. The molecule has 20 heavy (non-hydrogen) atoms. The predicted octanol–water partition coefficient (Wildman–Crippen LogP) is 5.40. The molecule has 2 aromatic rings. The van der Waals surface area contributed by atoms with Crippen molar-refractivity contribution in [2.24, 2.45) is 0 Å². The van der Waals surface area contributed by atoms with Gasteiger partial charge in [-0.15, -0.1) is 0 Å². The van der Waals surface area contributed by atoms with E-state index in [1.54, 1.807) is 7.11 Å². The van der Waals surface area contributed by atoms with Crippen LogP contribution in [0, 0.1) is 0 Å². The monoisotopic (exact) mass is 282 g/mol. The van der Waals surface area contributed by atoms with Crippen molar-refractivity contribution >= 4 is 10.8 Å². The third-order valence-electron chi connectivity index (χ3n) is 1.95. The molecule has 1 N–H and O–H groups in total. The summed E-state index contributed by atoms with van der Waals surface area (Å²) in [5.74, 6) is 0. The summed E-state index contributed by atoms with van der Waals surface area (Å²) in [5, 5.41) is 10.6. The maximum absolute atomic E-state index is 7.94. The van der Waals surface area contributed by atoms with Gasteiger partial charge in [0.15, 0.2) is 0 Å². The Kier molecular flexibility index (Phi) is 27.0. The van der Waals surface area contributed by atoms with Crippen LogP contribution in [-0.4, -0.2) is 25.4 Å². The molecule has 0 saturated carbocycles. The highest BCUT2D eigenvalue weighted by Crippen LogP contribution is 2.11. The van der Waals surface area contributed by atoms with E-state index in [0.29, 0.717) is 6.61 Å². The first-order valence-electron chi connectivity index (χ1n) is 5.92. The van der Waals surface area contributed by atoms with Crippen molar-refractivity contribution in [1.82, 2.24) is 0 Å². The molecule has 0 aliphatic rings. The Labute approximate surface area is 126 Å². The third-order valence-corrected chi connectivity index (χ3v) is 1.95. The van der Waals surface area contributed by atoms with Gasteiger partial charge >= 0.3 is 0 Å². The molecule has 0 heterocycles. The van der Waals surface area contributed by atoms with Crippen LogP contribution in [0.1, 0.15) is 36.1 Å².